The van der Waals surface area contributed by atoms with E-state index in [-0.39, 0.29) is 5.91 Å². The summed E-state index contributed by atoms with van der Waals surface area (Å²) in [6.45, 7) is 3.85. The lowest BCUT2D eigenvalue weighted by molar-refractivity contribution is -0.128. The molecule has 1 saturated heterocycles. The highest BCUT2D eigenvalue weighted by molar-refractivity contribution is 6.05. The fourth-order valence-corrected chi connectivity index (χ4v) is 4.64. The smallest absolute Gasteiger partial charge is 0.250 e. The van der Waals surface area contributed by atoms with Crippen molar-refractivity contribution in [3.63, 3.8) is 0 Å². The van der Waals surface area contributed by atoms with Gasteiger partial charge < -0.3 is 4.74 Å². The third-order valence-corrected chi connectivity index (χ3v) is 6.42. The lowest BCUT2D eigenvalue weighted by Gasteiger charge is -2.29. The maximum Gasteiger partial charge on any atom is 0.250 e. The highest BCUT2D eigenvalue weighted by atomic mass is 16.5. The van der Waals surface area contributed by atoms with E-state index in [2.05, 4.69) is 60.0 Å². The number of hydrazine groups is 1. The van der Waals surface area contributed by atoms with E-state index in [1.165, 1.54) is 11.1 Å². The third kappa shape index (κ3) is 2.58. The number of hydrogen-bond donors (Lipinski definition) is 1. The zero-order valence-corrected chi connectivity index (χ0v) is 17.4. The molecule has 1 amide bonds. The van der Waals surface area contributed by atoms with Crippen LogP contribution in [0.2, 0.25) is 0 Å². The molecule has 31 heavy (non-hydrogen) atoms. The van der Waals surface area contributed by atoms with E-state index in [1.54, 1.807) is 0 Å². The maximum absolute atomic E-state index is 12.6. The lowest BCUT2D eigenvalue weighted by Crippen LogP contribution is -2.43. The van der Waals surface area contributed by atoms with Crippen LogP contribution in [-0.4, -0.2) is 12.1 Å². The number of nitrogens with zero attached hydrogens (tertiary/aromatic N) is 1. The Labute approximate surface area is 181 Å². The van der Waals surface area contributed by atoms with Crippen LogP contribution in [0.4, 0.5) is 5.69 Å². The summed E-state index contributed by atoms with van der Waals surface area (Å²) in [4.78, 5) is 12.6. The van der Waals surface area contributed by atoms with Crippen LogP contribution in [0.5, 0.6) is 5.75 Å². The quantitative estimate of drug-likeness (QED) is 0.436. The molecular formula is C27H22N2O2. The average molecular weight is 406 g/mol. The predicted octanol–water partition coefficient (Wildman–Crippen LogP) is 5.77. The molecule has 0 bridgehead atoms. The highest BCUT2D eigenvalue weighted by Gasteiger charge is 2.51. The number of benzene rings is 4. The lowest BCUT2D eigenvalue weighted by atomic mass is 9.91. The highest BCUT2D eigenvalue weighted by Crippen LogP contribution is 2.48. The molecule has 2 aliphatic heterocycles. The Bertz CT molecular complexity index is 1340. The normalized spacial score (nSPS) is 18.5. The molecular weight excluding hydrogens is 384 g/mol. The van der Waals surface area contributed by atoms with E-state index < -0.39 is 11.6 Å². The Morgan fingerprint density at radius 1 is 0.871 bits per heavy atom. The molecule has 0 saturated carbocycles. The second-order valence-electron chi connectivity index (χ2n) is 8.76. The van der Waals surface area contributed by atoms with Gasteiger partial charge in [0.15, 0.2) is 0 Å². The summed E-state index contributed by atoms with van der Waals surface area (Å²) in [5.41, 5.74) is 7.79. The summed E-state index contributed by atoms with van der Waals surface area (Å²) in [7, 11) is 0. The monoisotopic (exact) mass is 406 g/mol. The number of hydrogen-bond acceptors (Lipinski definition) is 3. The minimum absolute atomic E-state index is 0.0379. The van der Waals surface area contributed by atoms with Crippen molar-refractivity contribution in [2.24, 2.45) is 5.41 Å². The van der Waals surface area contributed by atoms with Crippen molar-refractivity contribution in [3.05, 3.63) is 84.9 Å². The minimum atomic E-state index is -0.680. The Morgan fingerprint density at radius 3 is 2.48 bits per heavy atom. The van der Waals surface area contributed by atoms with E-state index in [4.69, 9.17) is 4.74 Å². The molecule has 6 rings (SSSR count). The Hall–Kier alpha value is -3.79. The van der Waals surface area contributed by atoms with Crippen molar-refractivity contribution in [3.8, 4) is 28.0 Å². The van der Waals surface area contributed by atoms with Gasteiger partial charge in [-0.25, -0.2) is 5.01 Å². The molecule has 2 heterocycles. The van der Waals surface area contributed by atoms with Crippen LogP contribution in [0, 0.1) is 5.41 Å². The number of anilines is 1. The van der Waals surface area contributed by atoms with Gasteiger partial charge in [0.05, 0.1) is 5.69 Å². The number of carbonyl (C=O) groups is 1. The summed E-state index contributed by atoms with van der Waals surface area (Å²) >= 11 is 0. The molecule has 4 aromatic rings. The largest absolute Gasteiger partial charge is 0.467 e. The molecule has 4 heteroatoms. The number of fused-ring (bicyclic) bond motifs is 7. The first-order valence-electron chi connectivity index (χ1n) is 10.5. The number of para-hydroxylation sites is 1. The van der Waals surface area contributed by atoms with E-state index >= 15 is 0 Å². The van der Waals surface area contributed by atoms with E-state index in [1.807, 2.05) is 49.2 Å². The Morgan fingerprint density at radius 2 is 1.65 bits per heavy atom. The molecule has 4 nitrogen and oxygen atoms in total. The van der Waals surface area contributed by atoms with Gasteiger partial charge in [0.25, 0.3) is 0 Å². The summed E-state index contributed by atoms with van der Waals surface area (Å²) in [5.74, 6) is 0.758. The number of nitrogens with one attached hydrogen (secondary N) is 1. The van der Waals surface area contributed by atoms with Crippen LogP contribution in [0.25, 0.3) is 33.0 Å². The number of ether oxygens (including phenoxy) is 1. The van der Waals surface area contributed by atoms with Gasteiger partial charge in [0.1, 0.15) is 11.2 Å². The van der Waals surface area contributed by atoms with Crippen LogP contribution in [-0.2, 0) is 4.79 Å². The molecule has 0 spiro atoms. The van der Waals surface area contributed by atoms with Crippen molar-refractivity contribution in [1.29, 1.82) is 0 Å². The standard InChI is InChI=1S/C27H22N2O2/c1-27(2)25(30)28-29-22-11-7-6-10-21(22)24-20-14-12-18(17-8-4-3-5-9-17)16-19(20)13-15-23(24)31-26(27)29/h3-16,26H,1-2H3,(H,28,30). The fraction of sp³-hybridized carbons (Fsp3) is 0.148. The van der Waals surface area contributed by atoms with Gasteiger partial charge in [-0.05, 0) is 53.9 Å². The summed E-state index contributed by atoms with van der Waals surface area (Å²) in [6.07, 6.45) is -0.427. The van der Waals surface area contributed by atoms with Crippen molar-refractivity contribution >= 4 is 22.4 Å². The summed E-state index contributed by atoms with van der Waals surface area (Å²) < 4.78 is 6.51. The summed E-state index contributed by atoms with van der Waals surface area (Å²) in [6, 6.07) is 29.3. The van der Waals surface area contributed by atoms with Crippen molar-refractivity contribution in [2.45, 2.75) is 20.1 Å². The van der Waals surface area contributed by atoms with Gasteiger partial charge in [0, 0.05) is 11.1 Å². The molecule has 1 fully saturated rings. The molecule has 152 valence electrons. The van der Waals surface area contributed by atoms with E-state index in [0.29, 0.717) is 0 Å². The average Bonchev–Trinajstić information content (AvgIpc) is 2.94. The third-order valence-electron chi connectivity index (χ3n) is 6.42. The van der Waals surface area contributed by atoms with E-state index in [9.17, 15) is 4.79 Å². The molecule has 0 aliphatic carbocycles. The Kier molecular flexibility index (Phi) is 3.69. The number of amides is 1. The first-order chi connectivity index (χ1) is 15.0. The zero-order valence-electron chi connectivity index (χ0n) is 17.4. The van der Waals surface area contributed by atoms with Gasteiger partial charge in [-0.2, -0.15) is 0 Å². The molecule has 2 aliphatic rings. The number of carbonyl (C=O) groups excluding carboxylic acids is 1. The van der Waals surface area contributed by atoms with Crippen LogP contribution in [0.15, 0.2) is 84.9 Å². The topological polar surface area (TPSA) is 41.6 Å². The van der Waals surface area contributed by atoms with Gasteiger partial charge in [0.2, 0.25) is 12.1 Å². The first kappa shape index (κ1) is 18.0. The molecule has 1 atom stereocenters. The van der Waals surface area contributed by atoms with Gasteiger partial charge in [-0.1, -0.05) is 66.7 Å². The van der Waals surface area contributed by atoms with Crippen LogP contribution in [0.1, 0.15) is 13.8 Å². The fourth-order valence-electron chi connectivity index (χ4n) is 4.64. The molecule has 0 radical (unpaired) electrons. The van der Waals surface area contributed by atoms with Crippen LogP contribution < -0.4 is 15.2 Å². The van der Waals surface area contributed by atoms with Gasteiger partial charge in [-0.3, -0.25) is 10.2 Å². The summed E-state index contributed by atoms with van der Waals surface area (Å²) in [5, 5.41) is 4.17. The molecule has 1 N–H and O–H groups in total. The van der Waals surface area contributed by atoms with Gasteiger partial charge >= 0.3 is 0 Å². The Balaban J connectivity index is 1.59. The minimum Gasteiger partial charge on any atom is -0.467 e. The number of rotatable bonds is 1. The molecule has 1 unspecified atom stereocenters. The SMILES string of the molecule is CC1(C)C(=O)NN2c3ccccc3-c3c(ccc4cc(-c5ccccc5)ccc34)OC21. The van der Waals surface area contributed by atoms with E-state index in [0.717, 1.165) is 33.3 Å². The zero-order chi connectivity index (χ0) is 21.2. The van der Waals surface area contributed by atoms with Crippen LogP contribution in [0.3, 0.4) is 0 Å². The first-order valence-corrected chi connectivity index (χ1v) is 10.5. The van der Waals surface area contributed by atoms with Crippen LogP contribution >= 0.6 is 0 Å². The van der Waals surface area contributed by atoms with Crippen molar-refractivity contribution in [1.82, 2.24) is 5.43 Å². The van der Waals surface area contributed by atoms with Crippen molar-refractivity contribution < 1.29 is 9.53 Å². The second kappa shape index (κ2) is 6.35. The molecule has 0 aromatic heterocycles. The molecule has 4 aromatic carbocycles. The second-order valence-corrected chi connectivity index (χ2v) is 8.76. The predicted molar refractivity (Wildman–Crippen MR) is 124 cm³/mol. The van der Waals surface area contributed by atoms with Gasteiger partial charge in [-0.15, -0.1) is 0 Å². The van der Waals surface area contributed by atoms with Crippen molar-refractivity contribution in [2.75, 3.05) is 5.01 Å². The maximum atomic E-state index is 12.6.